The molecule has 0 atom stereocenters. The van der Waals surface area contributed by atoms with E-state index in [4.69, 9.17) is 10.7 Å². The Balaban J connectivity index is 3.03. The van der Waals surface area contributed by atoms with Gasteiger partial charge in [-0.15, -0.1) is 0 Å². The van der Waals surface area contributed by atoms with Gasteiger partial charge in [0.2, 0.25) is 0 Å². The molecule has 1 aliphatic rings. The molecule has 0 saturated heterocycles. The van der Waals surface area contributed by atoms with Gasteiger partial charge in [0.1, 0.15) is 5.60 Å². The second-order valence-electron chi connectivity index (χ2n) is 4.29. The number of imide groups is 1. The van der Waals surface area contributed by atoms with E-state index >= 15 is 0 Å². The summed E-state index contributed by atoms with van der Waals surface area (Å²) in [6.45, 7) is 6.85. The Labute approximate surface area is 88.8 Å². The predicted octanol–water partition coefficient (Wildman–Crippen LogP) is 0.359. The fourth-order valence-corrected chi connectivity index (χ4v) is 1.47. The zero-order chi connectivity index (χ0) is 11.8. The summed E-state index contributed by atoms with van der Waals surface area (Å²) in [7, 11) is 0. The largest absolute Gasteiger partial charge is 0.294 e. The monoisotopic (exact) mass is 212 g/mol. The average molecular weight is 212 g/mol. The van der Waals surface area contributed by atoms with E-state index in [1.165, 1.54) is 11.0 Å². The Hall–Kier alpha value is -1.20. The number of carbonyl (C=O) groups is 2. The summed E-state index contributed by atoms with van der Waals surface area (Å²) in [5.41, 5.74) is -0.639. The number of hydrogen-bond acceptors (Lipinski definition) is 4. The third kappa shape index (κ3) is 1.93. The zero-order valence-electron chi connectivity index (χ0n) is 9.40. The van der Waals surface area contributed by atoms with Gasteiger partial charge in [0, 0.05) is 12.1 Å². The molecule has 2 amide bonds. The van der Waals surface area contributed by atoms with Crippen molar-refractivity contribution in [3.63, 3.8) is 0 Å². The Morgan fingerprint density at radius 3 is 2.27 bits per heavy atom. The minimum Gasteiger partial charge on any atom is -0.294 e. The second kappa shape index (κ2) is 3.75. The summed E-state index contributed by atoms with van der Waals surface area (Å²) in [6.07, 6.45) is 1.29. The lowest BCUT2D eigenvalue weighted by molar-refractivity contribution is -0.140. The number of amides is 2. The van der Waals surface area contributed by atoms with Crippen molar-refractivity contribution in [2.24, 2.45) is 5.90 Å². The smallest absolute Gasteiger partial charge is 0.260 e. The topological polar surface area (TPSA) is 72.6 Å². The molecule has 1 aliphatic heterocycles. The molecule has 0 aromatic rings. The molecule has 0 spiro atoms. The van der Waals surface area contributed by atoms with Crippen molar-refractivity contribution >= 4 is 11.8 Å². The van der Waals surface area contributed by atoms with Crippen LogP contribution in [0.25, 0.3) is 0 Å². The number of nitrogens with zero attached hydrogens (tertiary/aromatic N) is 1. The average Bonchev–Trinajstić information content (AvgIpc) is 2.42. The molecule has 0 radical (unpaired) electrons. The lowest BCUT2D eigenvalue weighted by Crippen LogP contribution is -2.41. The first-order valence-corrected chi connectivity index (χ1v) is 4.79. The Morgan fingerprint density at radius 1 is 1.40 bits per heavy atom. The summed E-state index contributed by atoms with van der Waals surface area (Å²) < 4.78 is 0. The maximum atomic E-state index is 11.9. The summed E-state index contributed by atoms with van der Waals surface area (Å²) in [4.78, 5) is 29.3. The van der Waals surface area contributed by atoms with E-state index in [1.54, 1.807) is 27.7 Å². The highest BCUT2D eigenvalue weighted by Gasteiger charge is 2.40. The van der Waals surface area contributed by atoms with Crippen LogP contribution in [0.5, 0.6) is 0 Å². The molecule has 1 heterocycles. The summed E-state index contributed by atoms with van der Waals surface area (Å²) in [6, 6.07) is -0.160. The van der Waals surface area contributed by atoms with Gasteiger partial charge in [-0.3, -0.25) is 19.3 Å². The van der Waals surface area contributed by atoms with Crippen LogP contribution in [0.2, 0.25) is 0 Å². The molecule has 0 fully saturated rings. The molecule has 1 rings (SSSR count). The quantitative estimate of drug-likeness (QED) is 0.541. The second-order valence-corrected chi connectivity index (χ2v) is 4.29. The lowest BCUT2D eigenvalue weighted by atomic mass is 9.98. The molecule has 0 bridgehead atoms. The standard InChI is InChI=1S/C10H16N2O3/c1-6(2)12-8(13)5-7(9(12)14)10(3,4)15-11/h5-6H,11H2,1-4H3. The molecule has 0 unspecified atom stereocenters. The summed E-state index contributed by atoms with van der Waals surface area (Å²) in [5.74, 6) is 4.45. The van der Waals surface area contributed by atoms with Gasteiger partial charge in [-0.05, 0) is 27.7 Å². The third-order valence-corrected chi connectivity index (χ3v) is 2.41. The van der Waals surface area contributed by atoms with Crippen LogP contribution in [-0.2, 0) is 14.4 Å². The number of rotatable bonds is 3. The minimum atomic E-state index is -0.934. The fraction of sp³-hybridized carbons (Fsp3) is 0.600. The van der Waals surface area contributed by atoms with Gasteiger partial charge in [0.15, 0.2) is 0 Å². The van der Waals surface area contributed by atoms with Gasteiger partial charge in [0.25, 0.3) is 11.8 Å². The van der Waals surface area contributed by atoms with Crippen LogP contribution in [0.3, 0.4) is 0 Å². The molecule has 5 nitrogen and oxygen atoms in total. The van der Waals surface area contributed by atoms with Crippen LogP contribution in [0.15, 0.2) is 11.6 Å². The van der Waals surface area contributed by atoms with Gasteiger partial charge in [-0.1, -0.05) is 0 Å². The first kappa shape index (κ1) is 11.9. The molecule has 15 heavy (non-hydrogen) atoms. The fourth-order valence-electron chi connectivity index (χ4n) is 1.47. The zero-order valence-corrected chi connectivity index (χ0v) is 9.40. The van der Waals surface area contributed by atoms with Gasteiger partial charge in [-0.2, -0.15) is 0 Å². The van der Waals surface area contributed by atoms with Crippen LogP contribution in [0.1, 0.15) is 27.7 Å². The Bertz CT molecular complexity index is 332. The molecular formula is C10H16N2O3. The van der Waals surface area contributed by atoms with E-state index in [1.807, 2.05) is 0 Å². The highest BCUT2D eigenvalue weighted by Crippen LogP contribution is 2.27. The first-order chi connectivity index (χ1) is 6.81. The van der Waals surface area contributed by atoms with Crippen LogP contribution in [0, 0.1) is 0 Å². The van der Waals surface area contributed by atoms with Gasteiger partial charge in [0.05, 0.1) is 5.57 Å². The van der Waals surface area contributed by atoms with E-state index < -0.39 is 5.60 Å². The maximum Gasteiger partial charge on any atom is 0.260 e. The van der Waals surface area contributed by atoms with Crippen LogP contribution < -0.4 is 5.90 Å². The lowest BCUT2D eigenvalue weighted by Gasteiger charge is -2.25. The SMILES string of the molecule is CC(C)N1C(=O)C=C(C(C)(C)ON)C1=O. The highest BCUT2D eigenvalue weighted by atomic mass is 16.6. The van der Waals surface area contributed by atoms with Crippen LogP contribution >= 0.6 is 0 Å². The third-order valence-electron chi connectivity index (χ3n) is 2.41. The van der Waals surface area contributed by atoms with Crippen LogP contribution in [0.4, 0.5) is 0 Å². The normalized spacial score (nSPS) is 17.7. The minimum absolute atomic E-state index is 0.160. The first-order valence-electron chi connectivity index (χ1n) is 4.79. The Morgan fingerprint density at radius 2 is 1.93 bits per heavy atom. The molecule has 2 N–H and O–H groups in total. The summed E-state index contributed by atoms with van der Waals surface area (Å²) >= 11 is 0. The molecule has 84 valence electrons. The van der Waals surface area contributed by atoms with Crippen molar-refractivity contribution in [1.82, 2.24) is 4.90 Å². The predicted molar refractivity (Wildman–Crippen MR) is 54.4 cm³/mol. The summed E-state index contributed by atoms with van der Waals surface area (Å²) in [5, 5.41) is 0. The van der Waals surface area contributed by atoms with E-state index in [9.17, 15) is 9.59 Å². The molecule has 0 aromatic heterocycles. The van der Waals surface area contributed by atoms with E-state index in [2.05, 4.69) is 0 Å². The molecule has 0 saturated carbocycles. The molecule has 0 aromatic carbocycles. The Kier molecular flexibility index (Phi) is 2.97. The van der Waals surface area contributed by atoms with Gasteiger partial charge in [-0.25, -0.2) is 5.90 Å². The number of hydrogen-bond donors (Lipinski definition) is 1. The van der Waals surface area contributed by atoms with Crippen molar-refractivity contribution in [1.29, 1.82) is 0 Å². The van der Waals surface area contributed by atoms with Gasteiger partial charge >= 0.3 is 0 Å². The van der Waals surface area contributed by atoms with Crippen molar-refractivity contribution in [3.8, 4) is 0 Å². The highest BCUT2D eigenvalue weighted by molar-refractivity contribution is 6.17. The molecular weight excluding hydrogens is 196 g/mol. The number of nitrogens with two attached hydrogens (primary N) is 1. The number of carbonyl (C=O) groups excluding carboxylic acids is 2. The van der Waals surface area contributed by atoms with Crippen LogP contribution in [-0.4, -0.2) is 28.4 Å². The van der Waals surface area contributed by atoms with Crippen molar-refractivity contribution < 1.29 is 14.4 Å². The van der Waals surface area contributed by atoms with E-state index in [0.717, 1.165) is 0 Å². The van der Waals surface area contributed by atoms with Crippen molar-refractivity contribution in [2.75, 3.05) is 0 Å². The maximum absolute atomic E-state index is 11.9. The molecule has 5 heteroatoms. The van der Waals surface area contributed by atoms with Crippen molar-refractivity contribution in [3.05, 3.63) is 11.6 Å². The van der Waals surface area contributed by atoms with Crippen molar-refractivity contribution in [2.45, 2.75) is 39.3 Å². The van der Waals surface area contributed by atoms with E-state index in [0.29, 0.717) is 5.57 Å². The van der Waals surface area contributed by atoms with E-state index in [-0.39, 0.29) is 17.9 Å². The molecule has 0 aliphatic carbocycles. The van der Waals surface area contributed by atoms with Gasteiger partial charge < -0.3 is 0 Å².